The molecule has 29 heavy (non-hydrogen) atoms. The average Bonchev–Trinajstić information content (AvgIpc) is 2.73. The van der Waals surface area contributed by atoms with Gasteiger partial charge < -0.3 is 10.6 Å². The highest BCUT2D eigenvalue weighted by molar-refractivity contribution is 5.96. The molecule has 0 aromatic heterocycles. The van der Waals surface area contributed by atoms with Gasteiger partial charge in [-0.2, -0.15) is 0 Å². The molecule has 0 bridgehead atoms. The third kappa shape index (κ3) is 6.43. The van der Waals surface area contributed by atoms with E-state index in [1.165, 1.54) is 31.4 Å². The first-order valence-electron chi connectivity index (χ1n) is 10.4. The second-order valence-electron chi connectivity index (χ2n) is 7.96. The van der Waals surface area contributed by atoms with Crippen LogP contribution in [0.4, 0.5) is 0 Å². The smallest absolute Gasteiger partial charge is 0.251 e. The number of nitrogens with zero attached hydrogens (tertiary/aromatic N) is 1. The summed E-state index contributed by atoms with van der Waals surface area (Å²) in [6.45, 7) is 6.86. The lowest BCUT2D eigenvalue weighted by Gasteiger charge is -2.33. The summed E-state index contributed by atoms with van der Waals surface area (Å²) >= 11 is 0. The van der Waals surface area contributed by atoms with Crippen LogP contribution < -0.4 is 10.6 Å². The van der Waals surface area contributed by atoms with Crippen LogP contribution in [0.1, 0.15) is 53.2 Å². The topological polar surface area (TPSA) is 61.4 Å². The first-order chi connectivity index (χ1) is 14.0. The summed E-state index contributed by atoms with van der Waals surface area (Å²) in [6.07, 6.45) is 3.90. The van der Waals surface area contributed by atoms with Crippen LogP contribution in [0.15, 0.2) is 48.5 Å². The van der Waals surface area contributed by atoms with Gasteiger partial charge in [-0.3, -0.25) is 14.5 Å². The molecule has 2 N–H and O–H groups in total. The molecule has 0 radical (unpaired) electrons. The molecule has 0 spiro atoms. The summed E-state index contributed by atoms with van der Waals surface area (Å²) in [5.74, 6) is -0.437. The molecule has 2 aromatic carbocycles. The van der Waals surface area contributed by atoms with E-state index in [9.17, 15) is 9.59 Å². The van der Waals surface area contributed by atoms with Gasteiger partial charge >= 0.3 is 0 Å². The van der Waals surface area contributed by atoms with E-state index in [-0.39, 0.29) is 18.4 Å². The Balaban J connectivity index is 1.40. The number of rotatable bonds is 7. The largest absolute Gasteiger partial charge is 0.350 e. The minimum atomic E-state index is -0.239. The van der Waals surface area contributed by atoms with E-state index in [0.29, 0.717) is 18.2 Å². The number of hydrogen-bond donors (Lipinski definition) is 2. The van der Waals surface area contributed by atoms with Crippen LogP contribution in [0.25, 0.3) is 0 Å². The van der Waals surface area contributed by atoms with E-state index in [1.807, 2.05) is 19.1 Å². The predicted molar refractivity (Wildman–Crippen MR) is 116 cm³/mol. The molecular formula is C24H31N3O2. The number of carbonyl (C=O) groups excluding carboxylic acids is 2. The molecule has 3 rings (SSSR count). The van der Waals surface area contributed by atoms with Crippen LogP contribution in [0.3, 0.4) is 0 Å². The maximum Gasteiger partial charge on any atom is 0.251 e. The fraction of sp³-hybridized carbons (Fsp3) is 0.417. The van der Waals surface area contributed by atoms with E-state index in [2.05, 4.69) is 46.7 Å². The highest BCUT2D eigenvalue weighted by atomic mass is 16.2. The normalized spacial score (nSPS) is 17.0. The predicted octanol–water partition coefficient (Wildman–Crippen LogP) is 3.42. The summed E-state index contributed by atoms with van der Waals surface area (Å²) < 4.78 is 0. The van der Waals surface area contributed by atoms with Gasteiger partial charge in [0.05, 0.1) is 6.54 Å². The molecule has 2 amide bonds. The highest BCUT2D eigenvalue weighted by Gasteiger charge is 2.17. The van der Waals surface area contributed by atoms with Crippen molar-refractivity contribution in [3.63, 3.8) is 0 Å². The number of hydrogen-bond acceptors (Lipinski definition) is 3. The molecule has 1 saturated heterocycles. The SMILES string of the molecule is Cc1ccc(C(=O)NCC(=O)NCc2ccc(CN3CCCCC3C)cc2)cc1. The van der Waals surface area contributed by atoms with Crippen LogP contribution in [-0.2, 0) is 17.9 Å². The van der Waals surface area contributed by atoms with Crippen molar-refractivity contribution in [1.29, 1.82) is 0 Å². The number of amides is 2. The highest BCUT2D eigenvalue weighted by Crippen LogP contribution is 2.19. The van der Waals surface area contributed by atoms with Crippen LogP contribution in [0.2, 0.25) is 0 Å². The fourth-order valence-electron chi connectivity index (χ4n) is 3.62. The molecule has 1 atom stereocenters. The molecule has 1 aliphatic heterocycles. The Morgan fingerprint density at radius 3 is 2.34 bits per heavy atom. The summed E-state index contributed by atoms with van der Waals surface area (Å²) in [5, 5.41) is 5.52. The zero-order valence-electron chi connectivity index (χ0n) is 17.4. The van der Waals surface area contributed by atoms with Crippen molar-refractivity contribution in [2.24, 2.45) is 0 Å². The number of likely N-dealkylation sites (tertiary alicyclic amines) is 1. The zero-order valence-corrected chi connectivity index (χ0v) is 17.4. The first-order valence-corrected chi connectivity index (χ1v) is 10.4. The second-order valence-corrected chi connectivity index (χ2v) is 7.96. The number of carbonyl (C=O) groups is 2. The summed E-state index contributed by atoms with van der Waals surface area (Å²) in [4.78, 5) is 26.6. The Morgan fingerprint density at radius 1 is 0.966 bits per heavy atom. The Kier molecular flexibility index (Phi) is 7.42. The quantitative estimate of drug-likeness (QED) is 0.758. The molecule has 5 heteroatoms. The van der Waals surface area contributed by atoms with E-state index in [4.69, 9.17) is 0 Å². The Bertz CT molecular complexity index is 815. The van der Waals surface area contributed by atoms with Gasteiger partial charge in [-0.1, -0.05) is 48.4 Å². The first kappa shape index (κ1) is 21.1. The lowest BCUT2D eigenvalue weighted by Crippen LogP contribution is -2.37. The fourth-order valence-corrected chi connectivity index (χ4v) is 3.62. The minimum Gasteiger partial charge on any atom is -0.350 e. The monoisotopic (exact) mass is 393 g/mol. The summed E-state index contributed by atoms with van der Waals surface area (Å²) in [7, 11) is 0. The standard InChI is InChI=1S/C24H31N3O2/c1-18-6-12-22(13-7-18)24(29)26-16-23(28)25-15-20-8-10-21(11-9-20)17-27-14-4-3-5-19(27)2/h6-13,19H,3-5,14-17H2,1-2H3,(H,25,28)(H,26,29). The maximum absolute atomic E-state index is 12.1. The maximum atomic E-state index is 12.1. The van der Waals surface area contributed by atoms with Gasteiger partial charge in [-0.05, 0) is 56.5 Å². The van der Waals surface area contributed by atoms with Crippen molar-refractivity contribution >= 4 is 11.8 Å². The van der Waals surface area contributed by atoms with Crippen molar-refractivity contribution in [3.8, 4) is 0 Å². The van der Waals surface area contributed by atoms with Crippen molar-refractivity contribution in [3.05, 3.63) is 70.8 Å². The van der Waals surface area contributed by atoms with Gasteiger partial charge in [-0.25, -0.2) is 0 Å². The lowest BCUT2D eigenvalue weighted by atomic mass is 10.0. The van der Waals surface area contributed by atoms with Crippen molar-refractivity contribution in [1.82, 2.24) is 15.5 Å². The van der Waals surface area contributed by atoms with Crippen molar-refractivity contribution in [2.45, 2.75) is 52.2 Å². The molecule has 1 unspecified atom stereocenters. The Morgan fingerprint density at radius 2 is 1.66 bits per heavy atom. The Labute approximate surface area is 173 Å². The molecule has 0 aliphatic carbocycles. The zero-order chi connectivity index (χ0) is 20.6. The van der Waals surface area contributed by atoms with E-state index < -0.39 is 0 Å². The number of aryl methyl sites for hydroxylation is 1. The summed E-state index contributed by atoms with van der Waals surface area (Å²) in [5.41, 5.74) is 4.01. The van der Waals surface area contributed by atoms with E-state index >= 15 is 0 Å². The molecule has 154 valence electrons. The third-order valence-corrected chi connectivity index (χ3v) is 5.56. The molecule has 0 saturated carbocycles. The molecule has 1 heterocycles. The van der Waals surface area contributed by atoms with Gasteiger partial charge in [0.2, 0.25) is 5.91 Å². The number of benzene rings is 2. The van der Waals surface area contributed by atoms with Crippen LogP contribution in [0, 0.1) is 6.92 Å². The third-order valence-electron chi connectivity index (χ3n) is 5.56. The summed E-state index contributed by atoms with van der Waals surface area (Å²) in [6, 6.07) is 16.3. The lowest BCUT2D eigenvalue weighted by molar-refractivity contribution is -0.120. The van der Waals surface area contributed by atoms with Crippen LogP contribution >= 0.6 is 0 Å². The van der Waals surface area contributed by atoms with E-state index in [1.54, 1.807) is 12.1 Å². The van der Waals surface area contributed by atoms with Crippen molar-refractivity contribution < 1.29 is 9.59 Å². The second kappa shape index (κ2) is 10.2. The van der Waals surface area contributed by atoms with Crippen molar-refractivity contribution in [2.75, 3.05) is 13.1 Å². The number of nitrogens with one attached hydrogen (secondary N) is 2. The van der Waals surface area contributed by atoms with Gasteiger partial charge in [0.1, 0.15) is 0 Å². The van der Waals surface area contributed by atoms with Gasteiger partial charge in [0.25, 0.3) is 5.91 Å². The average molecular weight is 394 g/mol. The molecule has 2 aromatic rings. The van der Waals surface area contributed by atoms with Gasteiger partial charge in [-0.15, -0.1) is 0 Å². The van der Waals surface area contributed by atoms with Crippen LogP contribution in [-0.4, -0.2) is 35.8 Å². The molecule has 1 fully saturated rings. The van der Waals surface area contributed by atoms with Crippen LogP contribution in [0.5, 0.6) is 0 Å². The van der Waals surface area contributed by atoms with Gasteiger partial charge in [0.15, 0.2) is 0 Å². The van der Waals surface area contributed by atoms with E-state index in [0.717, 1.165) is 17.7 Å². The molecular weight excluding hydrogens is 362 g/mol. The van der Waals surface area contributed by atoms with Gasteiger partial charge in [0, 0.05) is 24.7 Å². The molecule has 1 aliphatic rings. The Hall–Kier alpha value is -2.66. The minimum absolute atomic E-state index is 0.0301. The number of piperidine rings is 1. The molecule has 5 nitrogen and oxygen atoms in total.